The molecule has 0 radical (unpaired) electrons. The number of benzene rings is 1. The minimum absolute atomic E-state index is 0.118. The van der Waals surface area contributed by atoms with Crippen LogP contribution in [0.25, 0.3) is 10.9 Å². The molecule has 0 aliphatic carbocycles. The minimum atomic E-state index is -0.786. The first-order valence-corrected chi connectivity index (χ1v) is 6.42. The molecule has 0 unspecified atom stereocenters. The zero-order chi connectivity index (χ0) is 13.8. The van der Waals surface area contributed by atoms with Gasteiger partial charge in [0.25, 0.3) is 0 Å². The van der Waals surface area contributed by atoms with Crippen molar-refractivity contribution >= 4 is 22.7 Å². The van der Waals surface area contributed by atoms with E-state index in [-0.39, 0.29) is 12.5 Å². The van der Waals surface area contributed by atoms with Crippen molar-refractivity contribution in [3.63, 3.8) is 0 Å². The highest BCUT2D eigenvalue weighted by Gasteiger charge is 2.13. The maximum Gasteiger partial charge on any atom is 0.305 e. The fraction of sp³-hybridized carbons (Fsp3) is 0.333. The predicted octanol–water partition coefficient (Wildman–Crippen LogP) is 2.92. The molecule has 0 saturated carbocycles. The van der Waals surface area contributed by atoms with Crippen LogP contribution in [0.5, 0.6) is 0 Å². The number of fused-ring (bicyclic) bond motifs is 1. The molecule has 1 heterocycles. The molecule has 2 aromatic rings. The largest absolute Gasteiger partial charge is 0.481 e. The Hall–Kier alpha value is -2.10. The third-order valence-electron chi connectivity index (χ3n) is 3.07. The summed E-state index contributed by atoms with van der Waals surface area (Å²) in [4.78, 5) is 17.3. The van der Waals surface area contributed by atoms with Crippen LogP contribution in [-0.2, 0) is 4.79 Å². The number of aromatic nitrogens is 1. The van der Waals surface area contributed by atoms with Gasteiger partial charge in [-0.2, -0.15) is 0 Å². The van der Waals surface area contributed by atoms with Crippen LogP contribution in [0.1, 0.15) is 20.3 Å². The molecule has 2 rings (SSSR count). The molecule has 0 fully saturated rings. The number of pyridine rings is 1. The lowest BCUT2D eigenvalue weighted by molar-refractivity contribution is -0.136. The molecular weight excluding hydrogens is 240 g/mol. The second kappa shape index (κ2) is 5.69. The summed E-state index contributed by atoms with van der Waals surface area (Å²) in [6.45, 7) is 4.55. The van der Waals surface area contributed by atoms with Gasteiger partial charge in [0, 0.05) is 18.0 Å². The second-order valence-electron chi connectivity index (χ2n) is 4.79. The van der Waals surface area contributed by atoms with Crippen LogP contribution in [0.4, 0.5) is 5.82 Å². The minimum Gasteiger partial charge on any atom is -0.481 e. The van der Waals surface area contributed by atoms with Crippen molar-refractivity contribution in [3.05, 3.63) is 36.4 Å². The third-order valence-corrected chi connectivity index (χ3v) is 3.07. The summed E-state index contributed by atoms with van der Waals surface area (Å²) in [6.07, 6.45) is 0.118. The number of rotatable bonds is 5. The molecule has 0 amide bonds. The number of carboxylic acids is 1. The summed E-state index contributed by atoms with van der Waals surface area (Å²) in [6, 6.07) is 12.1. The lowest BCUT2D eigenvalue weighted by atomic mass is 10.2. The zero-order valence-corrected chi connectivity index (χ0v) is 11.2. The molecule has 0 bridgehead atoms. The summed E-state index contributed by atoms with van der Waals surface area (Å²) in [5.41, 5.74) is 0.931. The molecular formula is C15H18N2O2. The molecule has 0 aliphatic rings. The fourth-order valence-electron chi connectivity index (χ4n) is 2.07. The maximum absolute atomic E-state index is 10.7. The Balaban J connectivity index is 2.30. The van der Waals surface area contributed by atoms with Crippen LogP contribution in [-0.4, -0.2) is 28.6 Å². The van der Waals surface area contributed by atoms with Gasteiger partial charge >= 0.3 is 5.97 Å². The van der Waals surface area contributed by atoms with Gasteiger partial charge in [-0.05, 0) is 32.0 Å². The topological polar surface area (TPSA) is 53.4 Å². The standard InChI is InChI=1S/C15H18N2O2/c1-11(2)17(10-9-15(18)19)14-8-7-12-5-3-4-6-13(12)16-14/h3-8,11H,9-10H2,1-2H3,(H,18,19). The lowest BCUT2D eigenvalue weighted by Crippen LogP contribution is -2.33. The highest BCUT2D eigenvalue weighted by atomic mass is 16.4. The second-order valence-corrected chi connectivity index (χ2v) is 4.79. The number of aliphatic carboxylic acids is 1. The first kappa shape index (κ1) is 13.3. The lowest BCUT2D eigenvalue weighted by Gasteiger charge is -2.27. The summed E-state index contributed by atoms with van der Waals surface area (Å²) >= 11 is 0. The highest BCUT2D eigenvalue weighted by Crippen LogP contribution is 2.19. The van der Waals surface area contributed by atoms with Crippen molar-refractivity contribution < 1.29 is 9.90 Å². The van der Waals surface area contributed by atoms with Gasteiger partial charge in [0.1, 0.15) is 5.82 Å². The van der Waals surface area contributed by atoms with E-state index in [9.17, 15) is 4.79 Å². The smallest absolute Gasteiger partial charge is 0.305 e. The maximum atomic E-state index is 10.7. The molecule has 0 aliphatic heterocycles. The number of carbonyl (C=O) groups is 1. The average Bonchev–Trinajstić information content (AvgIpc) is 2.38. The van der Waals surface area contributed by atoms with Crippen molar-refractivity contribution in [2.45, 2.75) is 26.3 Å². The molecule has 19 heavy (non-hydrogen) atoms. The molecule has 0 saturated heterocycles. The van der Waals surface area contributed by atoms with Gasteiger partial charge in [-0.3, -0.25) is 4.79 Å². The first-order chi connectivity index (χ1) is 9.08. The quantitative estimate of drug-likeness (QED) is 0.896. The molecule has 4 nitrogen and oxygen atoms in total. The molecule has 100 valence electrons. The number of carboxylic acid groups (broad SMARTS) is 1. The van der Waals surface area contributed by atoms with E-state index in [4.69, 9.17) is 5.11 Å². The van der Waals surface area contributed by atoms with Gasteiger partial charge in [0.2, 0.25) is 0 Å². The SMILES string of the molecule is CC(C)N(CCC(=O)O)c1ccc2ccccc2n1. The Bertz CT molecular complexity index is 581. The number of anilines is 1. The molecule has 4 heteroatoms. The van der Waals surface area contributed by atoms with Crippen LogP contribution >= 0.6 is 0 Å². The summed E-state index contributed by atoms with van der Waals surface area (Å²) < 4.78 is 0. The van der Waals surface area contributed by atoms with Crippen molar-refractivity contribution in [1.29, 1.82) is 0 Å². The summed E-state index contributed by atoms with van der Waals surface area (Å²) in [7, 11) is 0. The Kier molecular flexibility index (Phi) is 4.00. The average molecular weight is 258 g/mol. The normalized spacial score (nSPS) is 10.9. The first-order valence-electron chi connectivity index (χ1n) is 6.42. The van der Waals surface area contributed by atoms with Gasteiger partial charge in [0.15, 0.2) is 0 Å². The number of nitrogens with zero attached hydrogens (tertiary/aromatic N) is 2. The van der Waals surface area contributed by atoms with Crippen molar-refractivity contribution in [3.8, 4) is 0 Å². The molecule has 1 aromatic carbocycles. The van der Waals surface area contributed by atoms with Crippen LogP contribution in [0.2, 0.25) is 0 Å². The van der Waals surface area contributed by atoms with Crippen LogP contribution < -0.4 is 4.90 Å². The Morgan fingerprint density at radius 2 is 2.00 bits per heavy atom. The van der Waals surface area contributed by atoms with E-state index in [1.54, 1.807) is 0 Å². The molecule has 0 spiro atoms. The van der Waals surface area contributed by atoms with E-state index >= 15 is 0 Å². The summed E-state index contributed by atoms with van der Waals surface area (Å²) in [5, 5.41) is 9.91. The monoisotopic (exact) mass is 258 g/mol. The zero-order valence-electron chi connectivity index (χ0n) is 11.2. The van der Waals surface area contributed by atoms with Gasteiger partial charge in [-0.25, -0.2) is 4.98 Å². The Labute approximate surface area is 112 Å². The van der Waals surface area contributed by atoms with Crippen molar-refractivity contribution in [2.24, 2.45) is 0 Å². The van der Waals surface area contributed by atoms with Crippen molar-refractivity contribution in [1.82, 2.24) is 4.98 Å². The van der Waals surface area contributed by atoms with E-state index in [1.807, 2.05) is 55.1 Å². The van der Waals surface area contributed by atoms with E-state index < -0.39 is 5.97 Å². The summed E-state index contributed by atoms with van der Waals surface area (Å²) in [5.74, 6) is 0.0430. The predicted molar refractivity (Wildman–Crippen MR) is 76.5 cm³/mol. The van der Waals surface area contributed by atoms with Gasteiger partial charge in [-0.1, -0.05) is 18.2 Å². The van der Waals surface area contributed by atoms with E-state index in [0.29, 0.717) is 6.54 Å². The Morgan fingerprint density at radius 3 is 2.68 bits per heavy atom. The number of para-hydroxylation sites is 1. The number of hydrogen-bond donors (Lipinski definition) is 1. The molecule has 0 atom stereocenters. The third kappa shape index (κ3) is 3.22. The molecule has 1 aromatic heterocycles. The Morgan fingerprint density at radius 1 is 1.26 bits per heavy atom. The van der Waals surface area contributed by atoms with Crippen LogP contribution in [0.15, 0.2) is 36.4 Å². The number of hydrogen-bond acceptors (Lipinski definition) is 3. The van der Waals surface area contributed by atoms with E-state index in [1.165, 1.54) is 0 Å². The molecule has 1 N–H and O–H groups in total. The van der Waals surface area contributed by atoms with Crippen LogP contribution in [0, 0.1) is 0 Å². The van der Waals surface area contributed by atoms with E-state index in [2.05, 4.69) is 4.98 Å². The fourth-order valence-corrected chi connectivity index (χ4v) is 2.07. The van der Waals surface area contributed by atoms with Crippen molar-refractivity contribution in [2.75, 3.05) is 11.4 Å². The van der Waals surface area contributed by atoms with Gasteiger partial charge in [0.05, 0.1) is 11.9 Å². The van der Waals surface area contributed by atoms with Crippen LogP contribution in [0.3, 0.4) is 0 Å². The highest BCUT2D eigenvalue weighted by molar-refractivity contribution is 5.80. The van der Waals surface area contributed by atoms with Gasteiger partial charge in [-0.15, -0.1) is 0 Å². The van der Waals surface area contributed by atoms with E-state index in [0.717, 1.165) is 16.7 Å². The van der Waals surface area contributed by atoms with Gasteiger partial charge < -0.3 is 10.0 Å².